The van der Waals surface area contributed by atoms with Gasteiger partial charge >= 0.3 is 0 Å². The van der Waals surface area contributed by atoms with Crippen LogP contribution in [0.5, 0.6) is 0 Å². The van der Waals surface area contributed by atoms with E-state index >= 15 is 0 Å². The van der Waals surface area contributed by atoms with Crippen molar-refractivity contribution in [2.75, 3.05) is 0 Å². The number of hydrogen-bond acceptors (Lipinski definition) is 2. The molecule has 0 aliphatic heterocycles. The number of aliphatic imine (C=N–C) groups is 1. The second kappa shape index (κ2) is 7.09. The highest BCUT2D eigenvalue weighted by Gasteiger charge is 2.22. The van der Waals surface area contributed by atoms with E-state index in [0.29, 0.717) is 12.0 Å². The first kappa shape index (κ1) is 14.6. The molecule has 2 heteroatoms. The highest BCUT2D eigenvalue weighted by molar-refractivity contribution is 5.86. The molecule has 0 aromatic carbocycles. The molecule has 2 nitrogen and oxygen atoms in total. The fourth-order valence-electron chi connectivity index (χ4n) is 2.08. The van der Waals surface area contributed by atoms with Gasteiger partial charge in [0.1, 0.15) is 0 Å². The zero-order valence-electron chi connectivity index (χ0n) is 12.1. The van der Waals surface area contributed by atoms with Gasteiger partial charge in [0.15, 0.2) is 0 Å². The predicted octanol–water partition coefficient (Wildman–Crippen LogP) is 4.09. The third-order valence-electron chi connectivity index (χ3n) is 3.92. The molecule has 0 aromatic rings. The summed E-state index contributed by atoms with van der Waals surface area (Å²) in [6.45, 7) is 7.93. The monoisotopic (exact) mass is 268 g/mol. The van der Waals surface area contributed by atoms with Gasteiger partial charge in [-0.25, -0.2) is 0 Å². The number of rotatable bonds is 7. The Hall–Kier alpha value is -1.83. The smallest absolute Gasteiger partial charge is 0.0499 e. The summed E-state index contributed by atoms with van der Waals surface area (Å²) in [5.74, 6) is 0.705. The molecule has 0 bridgehead atoms. The van der Waals surface area contributed by atoms with Gasteiger partial charge in [-0.3, -0.25) is 4.99 Å². The van der Waals surface area contributed by atoms with E-state index in [2.05, 4.69) is 24.2 Å². The number of hydrogen-bond donors (Lipinski definition) is 1. The van der Waals surface area contributed by atoms with Gasteiger partial charge < -0.3 is 5.73 Å². The zero-order valence-corrected chi connectivity index (χ0v) is 12.1. The Bertz CT molecular complexity index is 484. The summed E-state index contributed by atoms with van der Waals surface area (Å²) in [4.78, 5) is 4.55. The molecule has 0 radical (unpaired) electrons. The zero-order chi connectivity index (χ0) is 14.4. The Labute approximate surface area is 122 Å². The van der Waals surface area contributed by atoms with Gasteiger partial charge in [-0.05, 0) is 43.6 Å². The Morgan fingerprint density at radius 1 is 1.15 bits per heavy atom. The molecule has 0 aromatic heterocycles. The molecular formula is C18H24N2. The molecule has 0 spiro atoms. The van der Waals surface area contributed by atoms with Crippen LogP contribution in [0.25, 0.3) is 0 Å². The lowest BCUT2D eigenvalue weighted by molar-refractivity contribution is 0.421. The van der Waals surface area contributed by atoms with Crippen molar-refractivity contribution < 1.29 is 0 Å². The molecule has 2 aliphatic carbocycles. The Morgan fingerprint density at radius 3 is 2.40 bits per heavy atom. The van der Waals surface area contributed by atoms with E-state index in [4.69, 9.17) is 5.73 Å². The van der Waals surface area contributed by atoms with Gasteiger partial charge in [-0.1, -0.05) is 43.0 Å². The lowest BCUT2D eigenvalue weighted by Crippen LogP contribution is -2.15. The number of nitrogens with two attached hydrogens (primary N) is 1. The van der Waals surface area contributed by atoms with E-state index in [9.17, 15) is 0 Å². The number of nitrogens with zero attached hydrogens (tertiary/aromatic N) is 1. The Kier molecular flexibility index (Phi) is 5.16. The van der Waals surface area contributed by atoms with Gasteiger partial charge in [0, 0.05) is 24.0 Å². The maximum absolute atomic E-state index is 5.70. The van der Waals surface area contributed by atoms with Gasteiger partial charge in [-0.15, -0.1) is 0 Å². The highest BCUT2D eigenvalue weighted by atomic mass is 14.8. The lowest BCUT2D eigenvalue weighted by atomic mass is 9.94. The van der Waals surface area contributed by atoms with Crippen LogP contribution in [-0.2, 0) is 0 Å². The van der Waals surface area contributed by atoms with Crippen molar-refractivity contribution in [2.24, 2.45) is 16.6 Å². The summed E-state index contributed by atoms with van der Waals surface area (Å²) in [5, 5.41) is 0. The lowest BCUT2D eigenvalue weighted by Gasteiger charge is -2.20. The van der Waals surface area contributed by atoms with E-state index in [1.807, 2.05) is 24.4 Å². The molecule has 0 atom stereocenters. The van der Waals surface area contributed by atoms with Crippen LogP contribution >= 0.6 is 0 Å². The van der Waals surface area contributed by atoms with Crippen LogP contribution in [0.15, 0.2) is 65.4 Å². The predicted molar refractivity (Wildman–Crippen MR) is 87.7 cm³/mol. The molecule has 0 amide bonds. The van der Waals surface area contributed by atoms with E-state index < -0.39 is 0 Å². The van der Waals surface area contributed by atoms with E-state index in [1.54, 1.807) is 6.20 Å². The van der Waals surface area contributed by atoms with Gasteiger partial charge in [0.2, 0.25) is 0 Å². The first-order valence-corrected chi connectivity index (χ1v) is 7.39. The van der Waals surface area contributed by atoms with Crippen LogP contribution in [0.2, 0.25) is 0 Å². The molecule has 2 N–H and O–H groups in total. The van der Waals surface area contributed by atoms with Gasteiger partial charge in [-0.2, -0.15) is 0 Å². The molecule has 2 rings (SSSR count). The molecule has 2 fully saturated rings. The summed E-state index contributed by atoms with van der Waals surface area (Å²) in [7, 11) is 0. The fourth-order valence-corrected chi connectivity index (χ4v) is 2.08. The van der Waals surface area contributed by atoms with Crippen molar-refractivity contribution >= 4 is 6.21 Å². The molecule has 20 heavy (non-hydrogen) atoms. The van der Waals surface area contributed by atoms with E-state index in [-0.39, 0.29) is 0 Å². The minimum absolute atomic E-state index is 0.487. The summed E-state index contributed by atoms with van der Waals surface area (Å²) in [6, 6.07) is 0.487. The largest absolute Gasteiger partial charge is 0.404 e. The number of allylic oxidation sites excluding steroid dienone is 7. The molecule has 0 saturated heterocycles. The van der Waals surface area contributed by atoms with Crippen molar-refractivity contribution in [3.8, 4) is 0 Å². The van der Waals surface area contributed by atoms with E-state index in [1.165, 1.54) is 37.7 Å². The van der Waals surface area contributed by atoms with Crippen LogP contribution in [0.1, 0.15) is 32.1 Å². The average molecular weight is 268 g/mol. The van der Waals surface area contributed by atoms with E-state index in [0.717, 1.165) is 11.1 Å². The highest BCUT2D eigenvalue weighted by Crippen LogP contribution is 2.36. The average Bonchev–Trinajstić information content (AvgIpc) is 3.23. The van der Waals surface area contributed by atoms with Crippen molar-refractivity contribution in [1.82, 2.24) is 0 Å². The first-order chi connectivity index (χ1) is 9.74. The fraction of sp³-hybridized carbons (Fsp3) is 0.389. The van der Waals surface area contributed by atoms with Crippen LogP contribution in [0.3, 0.4) is 0 Å². The van der Waals surface area contributed by atoms with Crippen molar-refractivity contribution in [3.05, 3.63) is 60.4 Å². The topological polar surface area (TPSA) is 38.4 Å². The Balaban J connectivity index is 1.98. The summed E-state index contributed by atoms with van der Waals surface area (Å²) in [6.07, 6.45) is 17.7. The van der Waals surface area contributed by atoms with Crippen molar-refractivity contribution in [3.63, 3.8) is 0 Å². The standard InChI is InChI=1S/C18H24N2/c1-3-15(7-4-6-14(2)16-10-11-16)17(12-19)13-20-18-8-5-9-18/h3-4,6-7,12-13,16,18H,1-2,5,8-11,19H2/b6-4-,15-7+,17-12?,20-13?. The summed E-state index contributed by atoms with van der Waals surface area (Å²) >= 11 is 0. The molecule has 2 saturated carbocycles. The minimum Gasteiger partial charge on any atom is -0.404 e. The van der Waals surface area contributed by atoms with Crippen LogP contribution in [0, 0.1) is 5.92 Å². The van der Waals surface area contributed by atoms with Crippen molar-refractivity contribution in [1.29, 1.82) is 0 Å². The summed E-state index contributed by atoms with van der Waals surface area (Å²) < 4.78 is 0. The maximum atomic E-state index is 5.70. The molecule has 106 valence electrons. The molecule has 0 unspecified atom stereocenters. The normalized spacial score (nSPS) is 21.4. The SMILES string of the molecule is C=C/C(=C\C=C/C(=C)C1CC1)C(C=NC1CCC1)=CN. The maximum Gasteiger partial charge on any atom is 0.0499 e. The second-order valence-corrected chi connectivity index (χ2v) is 5.52. The summed E-state index contributed by atoms with van der Waals surface area (Å²) in [5.41, 5.74) is 8.84. The molecule has 2 aliphatic rings. The molecular weight excluding hydrogens is 244 g/mol. The second-order valence-electron chi connectivity index (χ2n) is 5.52. The molecule has 0 heterocycles. The third-order valence-corrected chi connectivity index (χ3v) is 3.92. The minimum atomic E-state index is 0.487. The Morgan fingerprint density at radius 2 is 1.90 bits per heavy atom. The first-order valence-electron chi connectivity index (χ1n) is 7.39. The van der Waals surface area contributed by atoms with Crippen molar-refractivity contribution in [2.45, 2.75) is 38.1 Å². The van der Waals surface area contributed by atoms with Crippen LogP contribution < -0.4 is 5.73 Å². The quantitative estimate of drug-likeness (QED) is 0.548. The van der Waals surface area contributed by atoms with Gasteiger partial charge in [0.05, 0.1) is 0 Å². The van der Waals surface area contributed by atoms with Gasteiger partial charge in [0.25, 0.3) is 0 Å². The van der Waals surface area contributed by atoms with Crippen LogP contribution in [-0.4, -0.2) is 12.3 Å². The van der Waals surface area contributed by atoms with Crippen LogP contribution in [0.4, 0.5) is 0 Å². The third kappa shape index (κ3) is 4.09.